The molecular formula is C91H150O16P2. The van der Waals surface area contributed by atoms with Crippen LogP contribution in [0.3, 0.4) is 0 Å². The molecule has 16 nitrogen and oxygen atoms in total. The molecule has 5 atom stereocenters. The Morgan fingerprint density at radius 1 is 0.266 bits per heavy atom. The molecule has 0 aliphatic carbocycles. The van der Waals surface area contributed by atoms with E-state index in [1.165, 1.54) is 89.9 Å². The zero-order valence-corrected chi connectivity index (χ0v) is 69.7. The van der Waals surface area contributed by atoms with Crippen molar-refractivity contribution in [2.24, 2.45) is 0 Å². The minimum Gasteiger partial charge on any atom is -0.463 e. The highest BCUT2D eigenvalue weighted by atomic mass is 31.2. The quantitative estimate of drug-likeness (QED) is 0.0146. The lowest BCUT2D eigenvalue weighted by molar-refractivity contribution is -0.161. The minimum absolute atomic E-state index is 0.0550. The molecule has 0 heterocycles. The first-order valence-corrected chi connectivity index (χ1v) is 45.1. The van der Waals surface area contributed by atoms with Gasteiger partial charge in [-0.2, -0.15) is 0 Å². The van der Waals surface area contributed by atoms with E-state index in [2.05, 4.69) is 203 Å². The molecule has 0 bridgehead atoms. The second kappa shape index (κ2) is 82.1. The summed E-state index contributed by atoms with van der Waals surface area (Å²) in [6.45, 7) is 2.36. The van der Waals surface area contributed by atoms with E-state index in [1.807, 2.05) is 0 Å². The van der Waals surface area contributed by atoms with Crippen molar-refractivity contribution < 1.29 is 75.8 Å². The predicted octanol–water partition coefficient (Wildman–Crippen LogP) is 25.3. The lowest BCUT2D eigenvalue weighted by Gasteiger charge is -2.21. The summed E-state index contributed by atoms with van der Waals surface area (Å²) in [5, 5.41) is 20.7. The minimum atomic E-state index is -4.95. The Kier molecular flexibility index (Phi) is 78.1. The Hall–Kier alpha value is -5.35. The molecule has 18 heteroatoms. The number of rotatable bonds is 78. The van der Waals surface area contributed by atoms with Crippen molar-refractivity contribution in [3.63, 3.8) is 0 Å². The Balaban J connectivity index is 4.58. The van der Waals surface area contributed by atoms with Gasteiger partial charge in [0, 0.05) is 19.3 Å². The van der Waals surface area contributed by atoms with Gasteiger partial charge < -0.3 is 34.2 Å². The third-order valence-corrected chi connectivity index (χ3v) is 19.0. The topological polar surface area (TPSA) is 231 Å². The molecule has 4 N–H and O–H groups in total. The molecule has 0 fully saturated rings. The number of carbonyl (C=O) groups excluding carboxylic acids is 3. The van der Waals surface area contributed by atoms with Crippen LogP contribution in [0.25, 0.3) is 0 Å². The summed E-state index contributed by atoms with van der Waals surface area (Å²) in [6.07, 6.45) is 107. The van der Waals surface area contributed by atoms with E-state index >= 15 is 0 Å². The summed E-state index contributed by atoms with van der Waals surface area (Å²) < 4.78 is 61.2. The van der Waals surface area contributed by atoms with Crippen molar-refractivity contribution >= 4 is 33.6 Å². The number of phosphoric ester groups is 2. The van der Waals surface area contributed by atoms with E-state index in [1.54, 1.807) is 0 Å². The molecule has 0 saturated heterocycles. The van der Waals surface area contributed by atoms with Crippen molar-refractivity contribution in [1.29, 1.82) is 0 Å². The van der Waals surface area contributed by atoms with Crippen molar-refractivity contribution in [3.05, 3.63) is 182 Å². The highest BCUT2D eigenvalue weighted by Gasteiger charge is 2.29. The Morgan fingerprint density at radius 2 is 0.486 bits per heavy atom. The number of unbranched alkanes of at least 4 members (excludes halogenated alkanes) is 25. The van der Waals surface area contributed by atoms with Crippen molar-refractivity contribution in [1.82, 2.24) is 0 Å². The Labute approximate surface area is 662 Å². The Morgan fingerprint density at radius 3 is 0.780 bits per heavy atom. The molecule has 5 unspecified atom stereocenters. The van der Waals surface area contributed by atoms with Gasteiger partial charge in [0.2, 0.25) is 0 Å². The first-order valence-electron chi connectivity index (χ1n) is 42.1. The van der Waals surface area contributed by atoms with Crippen LogP contribution in [-0.2, 0) is 55.8 Å². The van der Waals surface area contributed by atoms with Crippen LogP contribution in [0.2, 0.25) is 0 Å². The number of phosphoric acid groups is 2. The highest BCUT2D eigenvalue weighted by Crippen LogP contribution is 2.45. The fraction of sp³-hybridized carbons (Fsp3) is 0.637. The fourth-order valence-electron chi connectivity index (χ4n) is 10.8. The van der Waals surface area contributed by atoms with Crippen molar-refractivity contribution in [2.75, 3.05) is 39.6 Å². The van der Waals surface area contributed by atoms with Crippen molar-refractivity contribution in [2.45, 2.75) is 334 Å². The van der Waals surface area contributed by atoms with Gasteiger partial charge in [0.15, 0.2) is 6.10 Å². The van der Waals surface area contributed by atoms with E-state index in [-0.39, 0.29) is 19.3 Å². The van der Waals surface area contributed by atoms with Gasteiger partial charge in [-0.25, -0.2) is 9.13 Å². The van der Waals surface area contributed by atoms with Crippen LogP contribution in [0.4, 0.5) is 0 Å². The van der Waals surface area contributed by atoms with Crippen LogP contribution >= 0.6 is 15.6 Å². The normalized spacial score (nSPS) is 14.8. The van der Waals surface area contributed by atoms with Crippen LogP contribution in [-0.4, -0.2) is 95.9 Å². The van der Waals surface area contributed by atoms with Crippen molar-refractivity contribution in [3.8, 4) is 0 Å². The summed E-state index contributed by atoms with van der Waals surface area (Å²) in [6, 6.07) is 0. The van der Waals surface area contributed by atoms with Gasteiger partial charge in [0.1, 0.15) is 25.4 Å². The largest absolute Gasteiger partial charge is 0.472 e. The van der Waals surface area contributed by atoms with Crippen LogP contribution in [0.15, 0.2) is 182 Å². The molecule has 620 valence electrons. The zero-order valence-electron chi connectivity index (χ0n) is 67.9. The molecule has 0 aliphatic heterocycles. The molecule has 0 saturated carbocycles. The molecule has 0 rings (SSSR count). The first kappa shape index (κ1) is 104. The van der Waals surface area contributed by atoms with Gasteiger partial charge in [-0.15, -0.1) is 0 Å². The third kappa shape index (κ3) is 83.4. The lowest BCUT2D eigenvalue weighted by Crippen LogP contribution is -2.30. The molecule has 0 amide bonds. The summed E-state index contributed by atoms with van der Waals surface area (Å²) >= 11 is 0. The third-order valence-electron chi connectivity index (χ3n) is 17.1. The highest BCUT2D eigenvalue weighted by molar-refractivity contribution is 7.47. The van der Waals surface area contributed by atoms with Gasteiger partial charge >= 0.3 is 33.6 Å². The lowest BCUT2D eigenvalue weighted by atomic mass is 10.0. The standard InChI is InChI=1S/C91H150O16P2/c1-4-7-10-13-16-19-22-25-28-31-34-36-37-38-39-40-41-42-43-44-45-46-47-49-52-53-56-59-62-65-68-71-74-77-89(94)101-80-86(92)81-103-108(97,98)104-82-87(93)83-105-109(99,100)106-85-88(107-91(96)79-76-73-70-67-64-61-58-55-50-33-30-27-24-21-18-15-12-9-6-3)84-102-90(95)78-75-72-69-66-63-60-57-54-51-48-35-32-29-26-23-20-17-14-11-8-5-2/h7,9-10,12,16-21,25-30,34-36,38-39,41-42,48,50,54-55,57,61,64,86-88,92-93H,4-6,8,11,13-15,22-24,31-33,37,40,43-47,49,51-53,56,58-60,62-63,65-85H2,1-3H3,(H,97,98)(H,99,100)/b10-7-,12-9-,19-16-,20-17-,21-18-,28-25-,29-26-,30-27-,36-34-,39-38-,42-41-,48-35-,55-50-,57-54-,64-61-. The number of allylic oxidation sites excluding steroid dienone is 30. The predicted molar refractivity (Wildman–Crippen MR) is 454 cm³/mol. The maximum absolute atomic E-state index is 13.0. The van der Waals surface area contributed by atoms with E-state index < -0.39 is 91.5 Å². The molecule has 0 aromatic rings. The van der Waals surface area contributed by atoms with Gasteiger partial charge in [-0.05, 0) is 161 Å². The molecule has 0 aromatic heterocycles. The number of carbonyl (C=O) groups is 3. The molecule has 0 spiro atoms. The summed E-state index contributed by atoms with van der Waals surface area (Å²) in [4.78, 5) is 58.8. The molecule has 0 aromatic carbocycles. The average Bonchev–Trinajstić information content (AvgIpc) is 0.896. The van der Waals surface area contributed by atoms with Crippen LogP contribution < -0.4 is 0 Å². The van der Waals surface area contributed by atoms with Crippen LogP contribution in [0, 0.1) is 0 Å². The summed E-state index contributed by atoms with van der Waals surface area (Å²) in [5.74, 6) is -1.64. The number of aliphatic hydroxyl groups is 2. The monoisotopic (exact) mass is 1560 g/mol. The number of hydrogen-bond acceptors (Lipinski definition) is 14. The van der Waals surface area contributed by atoms with Gasteiger partial charge in [-0.3, -0.25) is 32.5 Å². The molecular weight excluding hydrogens is 1410 g/mol. The average molecular weight is 1560 g/mol. The molecule has 109 heavy (non-hydrogen) atoms. The maximum atomic E-state index is 13.0. The van der Waals surface area contributed by atoms with Crippen LogP contribution in [0.5, 0.6) is 0 Å². The van der Waals surface area contributed by atoms with Crippen LogP contribution in [0.1, 0.15) is 316 Å². The first-order chi connectivity index (χ1) is 53.2. The van der Waals surface area contributed by atoms with E-state index in [9.17, 15) is 43.5 Å². The SMILES string of the molecule is CC/C=C\C/C=C\C/C=C\C/C=C\C/C=C\C/C=C\CCCCCCCCCCCCCCCCC(=O)OCC(O)COP(=O)(O)OCC(O)COP(=O)(O)OCC(COC(=O)CCCCCCC/C=C\C/C=C\C/C=C\C/C=C\CCCCC)OC(=O)CCCCC/C=C\C/C=C\C/C=C\C/C=C\C/C=C\CC. The Bertz CT molecular complexity index is 2710. The second-order valence-corrected chi connectivity index (χ2v) is 30.4. The summed E-state index contributed by atoms with van der Waals surface area (Å²) in [5.41, 5.74) is 0. The second-order valence-electron chi connectivity index (χ2n) is 27.5. The molecule has 0 radical (unpaired) electrons. The van der Waals surface area contributed by atoms with E-state index in [0.717, 1.165) is 167 Å². The maximum Gasteiger partial charge on any atom is 0.472 e. The fourth-order valence-corrected chi connectivity index (χ4v) is 12.3. The smallest absolute Gasteiger partial charge is 0.463 e. The van der Waals surface area contributed by atoms with Gasteiger partial charge in [0.05, 0.1) is 26.4 Å². The number of aliphatic hydroxyl groups excluding tert-OH is 2. The molecule has 0 aliphatic rings. The van der Waals surface area contributed by atoms with Gasteiger partial charge in [0.25, 0.3) is 0 Å². The number of esters is 3. The van der Waals surface area contributed by atoms with Gasteiger partial charge in [-0.1, -0.05) is 319 Å². The number of ether oxygens (including phenoxy) is 3. The number of hydrogen-bond donors (Lipinski definition) is 4. The van der Waals surface area contributed by atoms with E-state index in [4.69, 9.17) is 32.3 Å². The zero-order chi connectivity index (χ0) is 79.4. The summed E-state index contributed by atoms with van der Waals surface area (Å²) in [7, 11) is -9.83. The van der Waals surface area contributed by atoms with E-state index in [0.29, 0.717) is 19.3 Å².